The highest BCUT2D eigenvalue weighted by atomic mass is 35.5. The summed E-state index contributed by atoms with van der Waals surface area (Å²) in [7, 11) is -2.59. The Morgan fingerprint density at radius 2 is 1.77 bits per heavy atom. The summed E-state index contributed by atoms with van der Waals surface area (Å²) in [5.74, 6) is 6.39. The van der Waals surface area contributed by atoms with Crippen LogP contribution in [-0.4, -0.2) is 15.5 Å². The van der Waals surface area contributed by atoms with Crippen molar-refractivity contribution in [3.63, 3.8) is 0 Å². The predicted molar refractivity (Wildman–Crippen MR) is 119 cm³/mol. The number of halogens is 1. The average molecular weight is 449 g/mol. The molecule has 160 valence electrons. The number of benzene rings is 2. The van der Waals surface area contributed by atoms with Crippen molar-refractivity contribution in [2.45, 2.75) is 38.0 Å². The molecule has 0 saturated heterocycles. The second-order valence-corrected chi connectivity index (χ2v) is 10.0. The molecule has 0 radical (unpaired) electrons. The Morgan fingerprint density at radius 1 is 1.20 bits per heavy atom. The lowest BCUT2D eigenvalue weighted by Gasteiger charge is -2.24. The van der Waals surface area contributed by atoms with Gasteiger partial charge in [-0.3, -0.25) is 5.01 Å². The molecule has 7 nitrogen and oxygen atoms in total. The smallest absolute Gasteiger partial charge is 0.223 e. The van der Waals surface area contributed by atoms with Crippen LogP contribution >= 0.6 is 11.6 Å². The Hall–Kier alpha value is -2.73. The number of methoxy groups -OCH3 is 1. The summed E-state index contributed by atoms with van der Waals surface area (Å²) in [5, 5.41) is 9.94. The van der Waals surface area contributed by atoms with Crippen molar-refractivity contribution < 1.29 is 13.2 Å². The molecule has 0 aliphatic carbocycles. The fourth-order valence-corrected chi connectivity index (χ4v) is 4.17. The third kappa shape index (κ3) is 4.54. The maximum absolute atomic E-state index is 13.0. The molecule has 9 heteroatoms. The van der Waals surface area contributed by atoms with Crippen LogP contribution in [0.15, 0.2) is 52.0 Å². The van der Waals surface area contributed by atoms with Crippen LogP contribution in [-0.2, 0) is 15.3 Å². The number of ether oxygens (including phenoxy) is 1. The lowest BCUT2D eigenvalue weighted by Crippen LogP contribution is -2.33. The largest absolute Gasteiger partial charge is 0.494 e. The fourth-order valence-electron chi connectivity index (χ4n) is 2.74. The normalized spacial score (nSPS) is 12.7. The number of hydrogen-bond donors (Lipinski definition) is 2. The molecule has 2 rings (SSSR count). The minimum absolute atomic E-state index is 0.0607. The van der Waals surface area contributed by atoms with Crippen LogP contribution in [0.5, 0.6) is 5.75 Å². The Kier molecular flexibility index (Phi) is 6.72. The van der Waals surface area contributed by atoms with Gasteiger partial charge in [0, 0.05) is 6.07 Å². The minimum Gasteiger partial charge on any atom is -0.494 e. The van der Waals surface area contributed by atoms with Crippen LogP contribution in [0.2, 0.25) is 5.02 Å². The van der Waals surface area contributed by atoms with E-state index in [0.717, 1.165) is 10.6 Å². The molecule has 0 unspecified atom stereocenters. The number of anilines is 1. The molecule has 30 heavy (non-hydrogen) atoms. The van der Waals surface area contributed by atoms with Crippen molar-refractivity contribution in [3.8, 4) is 11.8 Å². The van der Waals surface area contributed by atoms with E-state index in [4.69, 9.17) is 33.2 Å². The van der Waals surface area contributed by atoms with E-state index < -0.39 is 14.9 Å². The van der Waals surface area contributed by atoms with Crippen molar-refractivity contribution in [2.75, 3.05) is 12.1 Å². The van der Waals surface area contributed by atoms with Gasteiger partial charge < -0.3 is 10.5 Å². The summed E-state index contributed by atoms with van der Waals surface area (Å²) in [4.78, 5) is 0.0607. The third-order valence-electron chi connectivity index (χ3n) is 4.69. The van der Waals surface area contributed by atoms with Gasteiger partial charge in [0.05, 0.1) is 28.3 Å². The Labute approximate surface area is 182 Å². The SMILES string of the molecule is COc1cc(C#N)c(Cl)cc1N(N)/C(C)=C(\N)S(=O)(=O)c1ccc(C(C)(C)C)cc1. The predicted octanol–water partition coefficient (Wildman–Crippen LogP) is 3.82. The van der Waals surface area contributed by atoms with Gasteiger partial charge in [-0.1, -0.05) is 44.5 Å². The van der Waals surface area contributed by atoms with Crippen molar-refractivity contribution >= 4 is 27.1 Å². The van der Waals surface area contributed by atoms with Gasteiger partial charge in [-0.15, -0.1) is 0 Å². The summed E-state index contributed by atoms with van der Waals surface area (Å²) in [5.41, 5.74) is 7.45. The molecule has 0 amide bonds. The van der Waals surface area contributed by atoms with Crippen LogP contribution in [0.1, 0.15) is 38.8 Å². The Morgan fingerprint density at radius 3 is 2.23 bits per heavy atom. The molecule has 2 aromatic rings. The van der Waals surface area contributed by atoms with Crippen molar-refractivity contribution in [1.82, 2.24) is 0 Å². The van der Waals surface area contributed by atoms with Crippen LogP contribution in [0.3, 0.4) is 0 Å². The van der Waals surface area contributed by atoms with Gasteiger partial charge in [-0.2, -0.15) is 5.26 Å². The van der Waals surface area contributed by atoms with E-state index in [1.165, 1.54) is 38.3 Å². The minimum atomic E-state index is -3.99. The lowest BCUT2D eigenvalue weighted by molar-refractivity contribution is 0.415. The molecule has 0 spiro atoms. The van der Waals surface area contributed by atoms with Gasteiger partial charge in [0.25, 0.3) is 0 Å². The van der Waals surface area contributed by atoms with E-state index in [0.29, 0.717) is 0 Å². The standard InChI is InChI=1S/C21H25ClN4O3S/c1-13(26(25)18-11-17(22)14(12-23)10-19(18)29-5)20(24)30(27,28)16-8-6-15(7-9-16)21(2,3)4/h6-11H,24-25H2,1-5H3/b20-13+. The van der Waals surface area contributed by atoms with E-state index in [1.807, 2.05) is 26.8 Å². The van der Waals surface area contributed by atoms with Gasteiger partial charge in [-0.25, -0.2) is 14.3 Å². The van der Waals surface area contributed by atoms with Gasteiger partial charge in [-0.05, 0) is 36.1 Å². The van der Waals surface area contributed by atoms with Crippen molar-refractivity contribution in [2.24, 2.45) is 11.6 Å². The highest BCUT2D eigenvalue weighted by molar-refractivity contribution is 7.95. The van der Waals surface area contributed by atoms with Gasteiger partial charge in [0.2, 0.25) is 9.84 Å². The van der Waals surface area contributed by atoms with Gasteiger partial charge >= 0.3 is 0 Å². The van der Waals surface area contributed by atoms with Crippen molar-refractivity contribution in [1.29, 1.82) is 5.26 Å². The molecular weight excluding hydrogens is 424 g/mol. The summed E-state index contributed by atoms with van der Waals surface area (Å²) >= 11 is 6.10. The number of nitrogens with zero attached hydrogens (tertiary/aromatic N) is 2. The maximum Gasteiger partial charge on any atom is 0.223 e. The van der Waals surface area contributed by atoms with E-state index >= 15 is 0 Å². The molecule has 0 heterocycles. The average Bonchev–Trinajstić information content (AvgIpc) is 2.71. The number of hydrazine groups is 1. The molecule has 0 bridgehead atoms. The number of hydrogen-bond acceptors (Lipinski definition) is 7. The van der Waals surface area contributed by atoms with E-state index in [9.17, 15) is 8.42 Å². The summed E-state index contributed by atoms with van der Waals surface area (Å²) in [6.45, 7) is 7.59. The molecule has 0 atom stereocenters. The first-order valence-corrected chi connectivity index (χ1v) is 10.8. The van der Waals surface area contributed by atoms with E-state index in [-0.39, 0.29) is 38.0 Å². The molecule has 2 aromatic carbocycles. The monoisotopic (exact) mass is 448 g/mol. The lowest BCUT2D eigenvalue weighted by atomic mass is 9.87. The van der Waals surface area contributed by atoms with E-state index in [1.54, 1.807) is 12.1 Å². The summed E-state index contributed by atoms with van der Waals surface area (Å²) < 4.78 is 31.3. The zero-order chi connectivity index (χ0) is 22.9. The number of nitrogens with two attached hydrogens (primary N) is 2. The molecular formula is C21H25ClN4O3S. The van der Waals surface area contributed by atoms with Crippen LogP contribution in [0.4, 0.5) is 5.69 Å². The second kappa shape index (κ2) is 8.56. The topological polar surface area (TPSA) is 122 Å². The van der Waals surface area contributed by atoms with Crippen molar-refractivity contribution in [3.05, 3.63) is 63.3 Å². The highest BCUT2D eigenvalue weighted by Gasteiger charge is 2.25. The van der Waals surface area contributed by atoms with Crippen LogP contribution < -0.4 is 21.3 Å². The molecule has 4 N–H and O–H groups in total. The van der Waals surface area contributed by atoms with E-state index in [2.05, 4.69) is 0 Å². The summed E-state index contributed by atoms with van der Waals surface area (Å²) in [6.07, 6.45) is 0. The molecule has 0 aromatic heterocycles. The molecule has 0 aliphatic rings. The molecule has 0 aliphatic heterocycles. The number of nitriles is 1. The zero-order valence-corrected chi connectivity index (χ0v) is 19.1. The Bertz CT molecular complexity index is 1130. The highest BCUT2D eigenvalue weighted by Crippen LogP contribution is 2.35. The molecule has 0 fully saturated rings. The maximum atomic E-state index is 13.0. The van der Waals surface area contributed by atoms with Crippen LogP contribution in [0, 0.1) is 11.3 Å². The first-order valence-electron chi connectivity index (χ1n) is 8.99. The van der Waals surface area contributed by atoms with Crippen LogP contribution in [0.25, 0.3) is 0 Å². The molecule has 0 saturated carbocycles. The quantitative estimate of drug-likeness (QED) is 0.526. The van der Waals surface area contributed by atoms with Gasteiger partial charge in [0.1, 0.15) is 17.5 Å². The van der Waals surface area contributed by atoms with Gasteiger partial charge in [0.15, 0.2) is 5.03 Å². The Balaban J connectivity index is 2.52. The fraction of sp³-hybridized carbons (Fsp3) is 0.286. The summed E-state index contributed by atoms with van der Waals surface area (Å²) in [6, 6.07) is 11.4. The zero-order valence-electron chi connectivity index (χ0n) is 17.5. The number of sulfone groups is 1. The first kappa shape index (κ1) is 23.5. The first-order chi connectivity index (χ1) is 13.8. The number of allylic oxidation sites excluding steroid dienone is 1. The number of rotatable bonds is 5. The third-order valence-corrected chi connectivity index (χ3v) is 6.77. The second-order valence-electron chi connectivity index (χ2n) is 7.71.